The van der Waals surface area contributed by atoms with Crippen molar-refractivity contribution in [1.29, 1.82) is 0 Å². The minimum atomic E-state index is 0. The fourth-order valence-electron chi connectivity index (χ4n) is 2.36. The molecule has 0 spiro atoms. The number of rotatable bonds is 4. The highest BCUT2D eigenvalue weighted by Gasteiger charge is 2.17. The first-order chi connectivity index (χ1) is 8.69. The van der Waals surface area contributed by atoms with Gasteiger partial charge in [-0.25, -0.2) is 0 Å². The zero-order valence-corrected chi connectivity index (χ0v) is 13.1. The molecule has 0 amide bonds. The van der Waals surface area contributed by atoms with E-state index in [2.05, 4.69) is 17.1 Å². The van der Waals surface area contributed by atoms with Crippen LogP contribution in [0.5, 0.6) is 5.75 Å². The maximum absolute atomic E-state index is 6.08. The molecule has 1 aliphatic rings. The quantitative estimate of drug-likeness (QED) is 0.925. The molecular formula is C14H22Cl2N2O. The molecule has 1 heterocycles. The van der Waals surface area contributed by atoms with E-state index in [0.717, 1.165) is 37.0 Å². The number of benzene rings is 1. The molecule has 0 radical (unpaired) electrons. The Hall–Kier alpha value is -0.480. The fourth-order valence-corrected chi connectivity index (χ4v) is 2.56. The predicted octanol–water partition coefficient (Wildman–Crippen LogP) is 2.95. The summed E-state index contributed by atoms with van der Waals surface area (Å²) in [5, 5.41) is 4.22. The van der Waals surface area contributed by atoms with Crippen molar-refractivity contribution >= 4 is 24.0 Å². The van der Waals surface area contributed by atoms with Gasteiger partial charge in [0.1, 0.15) is 5.75 Å². The minimum absolute atomic E-state index is 0. The molecule has 0 aromatic heterocycles. The number of piperazine rings is 1. The molecule has 1 N–H and O–H groups in total. The van der Waals surface area contributed by atoms with Crippen LogP contribution in [0.15, 0.2) is 18.2 Å². The van der Waals surface area contributed by atoms with Gasteiger partial charge in [-0.2, -0.15) is 0 Å². The summed E-state index contributed by atoms with van der Waals surface area (Å²) in [6.07, 6.45) is 0. The van der Waals surface area contributed by atoms with E-state index in [9.17, 15) is 0 Å². The first-order valence-electron chi connectivity index (χ1n) is 6.56. The van der Waals surface area contributed by atoms with Gasteiger partial charge in [0.2, 0.25) is 0 Å². The van der Waals surface area contributed by atoms with Crippen molar-refractivity contribution in [1.82, 2.24) is 10.2 Å². The monoisotopic (exact) mass is 304 g/mol. The molecule has 1 aliphatic heterocycles. The van der Waals surface area contributed by atoms with E-state index in [1.165, 1.54) is 5.56 Å². The van der Waals surface area contributed by atoms with Crippen LogP contribution in [0.2, 0.25) is 5.02 Å². The molecular weight excluding hydrogens is 283 g/mol. The van der Waals surface area contributed by atoms with Crippen LogP contribution in [0.3, 0.4) is 0 Å². The first kappa shape index (κ1) is 16.6. The Morgan fingerprint density at radius 3 is 2.95 bits per heavy atom. The molecule has 1 aromatic rings. The van der Waals surface area contributed by atoms with Gasteiger partial charge in [0, 0.05) is 42.8 Å². The Labute approximate surface area is 126 Å². The minimum Gasteiger partial charge on any atom is -0.494 e. The van der Waals surface area contributed by atoms with Crippen LogP contribution in [-0.2, 0) is 6.54 Å². The highest BCUT2D eigenvalue weighted by Crippen LogP contribution is 2.24. The molecule has 19 heavy (non-hydrogen) atoms. The van der Waals surface area contributed by atoms with Gasteiger partial charge >= 0.3 is 0 Å². The van der Waals surface area contributed by atoms with Gasteiger partial charge in [0.15, 0.2) is 0 Å². The van der Waals surface area contributed by atoms with E-state index in [1.54, 1.807) is 0 Å². The predicted molar refractivity (Wildman–Crippen MR) is 82.6 cm³/mol. The largest absolute Gasteiger partial charge is 0.494 e. The number of nitrogens with one attached hydrogen (secondary N) is 1. The van der Waals surface area contributed by atoms with Crippen molar-refractivity contribution < 1.29 is 4.74 Å². The van der Waals surface area contributed by atoms with Crippen LogP contribution in [-0.4, -0.2) is 37.2 Å². The molecule has 108 valence electrons. The maximum atomic E-state index is 6.08. The number of ether oxygens (including phenoxy) is 1. The normalized spacial score (nSPS) is 19.8. The van der Waals surface area contributed by atoms with Gasteiger partial charge in [0.25, 0.3) is 0 Å². The summed E-state index contributed by atoms with van der Waals surface area (Å²) in [5.41, 5.74) is 1.18. The highest BCUT2D eigenvalue weighted by molar-refractivity contribution is 6.30. The Morgan fingerprint density at radius 2 is 2.26 bits per heavy atom. The van der Waals surface area contributed by atoms with E-state index in [4.69, 9.17) is 16.3 Å². The summed E-state index contributed by atoms with van der Waals surface area (Å²) in [5.74, 6) is 0.952. The lowest BCUT2D eigenvalue weighted by Gasteiger charge is -2.32. The molecule has 1 fully saturated rings. The standard InChI is InChI=1S/C14H21ClN2O.ClH/c1-3-18-14-5-4-13(15)8-12(14)10-17-7-6-16-11(2)9-17;/h4-5,8,11,16H,3,6-7,9-10H2,1-2H3;1H/t11-;/m0./s1. The SMILES string of the molecule is CCOc1ccc(Cl)cc1CN1CCN[C@@H](C)C1.Cl. The number of nitrogens with zero attached hydrogens (tertiary/aromatic N) is 1. The summed E-state index contributed by atoms with van der Waals surface area (Å²) in [6.45, 7) is 9.00. The zero-order chi connectivity index (χ0) is 13.0. The van der Waals surface area contributed by atoms with Gasteiger partial charge in [-0.05, 0) is 32.0 Å². The average Bonchev–Trinajstić information content (AvgIpc) is 2.33. The van der Waals surface area contributed by atoms with E-state index >= 15 is 0 Å². The summed E-state index contributed by atoms with van der Waals surface area (Å²) >= 11 is 6.08. The third-order valence-corrected chi connectivity index (χ3v) is 3.40. The summed E-state index contributed by atoms with van der Waals surface area (Å²) in [6, 6.07) is 6.41. The highest BCUT2D eigenvalue weighted by atomic mass is 35.5. The molecule has 3 nitrogen and oxygen atoms in total. The lowest BCUT2D eigenvalue weighted by molar-refractivity contribution is 0.196. The molecule has 0 saturated carbocycles. The van der Waals surface area contributed by atoms with Crippen molar-refractivity contribution in [3.05, 3.63) is 28.8 Å². The van der Waals surface area contributed by atoms with Gasteiger partial charge < -0.3 is 10.1 Å². The molecule has 0 bridgehead atoms. The second-order valence-electron chi connectivity index (χ2n) is 4.78. The zero-order valence-electron chi connectivity index (χ0n) is 11.5. The average molecular weight is 305 g/mol. The Morgan fingerprint density at radius 1 is 1.47 bits per heavy atom. The topological polar surface area (TPSA) is 24.5 Å². The van der Waals surface area contributed by atoms with E-state index in [0.29, 0.717) is 12.6 Å². The van der Waals surface area contributed by atoms with Crippen molar-refractivity contribution in [2.24, 2.45) is 0 Å². The summed E-state index contributed by atoms with van der Waals surface area (Å²) < 4.78 is 5.66. The van der Waals surface area contributed by atoms with Crippen LogP contribution in [0, 0.1) is 0 Å². The summed E-state index contributed by atoms with van der Waals surface area (Å²) in [4.78, 5) is 2.44. The van der Waals surface area contributed by atoms with Crippen LogP contribution in [0.25, 0.3) is 0 Å². The Balaban J connectivity index is 0.00000180. The Kier molecular flexibility index (Phi) is 6.94. The van der Waals surface area contributed by atoms with Crippen molar-refractivity contribution in [3.63, 3.8) is 0 Å². The van der Waals surface area contributed by atoms with E-state index in [1.807, 2.05) is 25.1 Å². The van der Waals surface area contributed by atoms with Crippen molar-refractivity contribution in [2.75, 3.05) is 26.2 Å². The van der Waals surface area contributed by atoms with Gasteiger partial charge in [0.05, 0.1) is 6.61 Å². The van der Waals surface area contributed by atoms with Gasteiger partial charge in [-0.15, -0.1) is 12.4 Å². The lowest BCUT2D eigenvalue weighted by Crippen LogP contribution is -2.48. The van der Waals surface area contributed by atoms with Crippen LogP contribution < -0.4 is 10.1 Å². The molecule has 0 aliphatic carbocycles. The second kappa shape index (κ2) is 7.95. The third-order valence-electron chi connectivity index (χ3n) is 3.17. The lowest BCUT2D eigenvalue weighted by atomic mass is 10.1. The van der Waals surface area contributed by atoms with E-state index in [-0.39, 0.29) is 12.4 Å². The smallest absolute Gasteiger partial charge is 0.123 e. The molecule has 2 rings (SSSR count). The Bertz CT molecular complexity index is 401. The maximum Gasteiger partial charge on any atom is 0.123 e. The van der Waals surface area contributed by atoms with Gasteiger partial charge in [-0.1, -0.05) is 11.6 Å². The number of hydrogen-bond donors (Lipinski definition) is 1. The van der Waals surface area contributed by atoms with Crippen LogP contribution >= 0.6 is 24.0 Å². The third kappa shape index (κ3) is 4.84. The van der Waals surface area contributed by atoms with Crippen LogP contribution in [0.1, 0.15) is 19.4 Å². The van der Waals surface area contributed by atoms with Crippen molar-refractivity contribution in [2.45, 2.75) is 26.4 Å². The van der Waals surface area contributed by atoms with Gasteiger partial charge in [-0.3, -0.25) is 4.90 Å². The molecule has 0 unspecified atom stereocenters. The molecule has 1 aromatic carbocycles. The van der Waals surface area contributed by atoms with Crippen molar-refractivity contribution in [3.8, 4) is 5.75 Å². The molecule has 5 heteroatoms. The number of hydrogen-bond acceptors (Lipinski definition) is 3. The molecule has 1 saturated heterocycles. The molecule has 1 atom stereocenters. The fraction of sp³-hybridized carbons (Fsp3) is 0.571. The van der Waals surface area contributed by atoms with Crippen LogP contribution in [0.4, 0.5) is 0 Å². The summed E-state index contributed by atoms with van der Waals surface area (Å²) in [7, 11) is 0. The first-order valence-corrected chi connectivity index (χ1v) is 6.93. The second-order valence-corrected chi connectivity index (χ2v) is 5.21. The number of halogens is 2. The van der Waals surface area contributed by atoms with E-state index < -0.39 is 0 Å².